The van der Waals surface area contributed by atoms with Crippen LogP contribution in [0, 0.1) is 5.92 Å². The number of fused-ring (bicyclic) bond motifs is 6. The van der Waals surface area contributed by atoms with Crippen LogP contribution in [-0.4, -0.2) is 195 Å². The van der Waals surface area contributed by atoms with Crippen LogP contribution in [0.25, 0.3) is 22.3 Å². The Morgan fingerprint density at radius 2 is 1.03 bits per heavy atom. The molecular weight excluding hydrogens is 1440 g/mol. The highest BCUT2D eigenvalue weighted by Gasteiger charge is 2.46. The molecule has 2 bridgehead atoms. The summed E-state index contributed by atoms with van der Waals surface area (Å²) in [6.45, 7) is 18.4. The van der Waals surface area contributed by atoms with Crippen LogP contribution < -0.4 is 39.4 Å². The third-order valence-electron chi connectivity index (χ3n) is 23.4. The number of hydrogen-bond donors (Lipinski definition) is 4. The Morgan fingerprint density at radius 3 is 1.54 bits per heavy atom. The van der Waals surface area contributed by atoms with Gasteiger partial charge in [-0.15, -0.1) is 0 Å². The second kappa shape index (κ2) is 31.2. The molecule has 11 aliphatic rings. The molecule has 5 aliphatic carbocycles. The van der Waals surface area contributed by atoms with Crippen LogP contribution in [0.1, 0.15) is 154 Å². The number of aliphatic hydroxyl groups is 1. The zero-order chi connectivity index (χ0) is 77.6. The minimum Gasteiger partial charge on any atom is -0.488 e. The summed E-state index contributed by atoms with van der Waals surface area (Å²) in [4.78, 5) is 71.3. The quantitative estimate of drug-likeness (QED) is 0.0387. The Bertz CT molecular complexity index is 5320. The summed E-state index contributed by atoms with van der Waals surface area (Å²) in [5.74, 6) is 7.70. The highest BCUT2D eigenvalue weighted by molar-refractivity contribution is 6.16. The second-order valence-electron chi connectivity index (χ2n) is 32.9. The number of anilines is 4. The molecule has 6 aliphatic heterocycles. The fourth-order valence-electron chi connectivity index (χ4n) is 15.5. The molecule has 8 fully saturated rings. The molecule has 586 valence electrons. The van der Waals surface area contributed by atoms with Crippen LogP contribution >= 0.6 is 0 Å². The molecule has 114 heavy (non-hydrogen) atoms. The second-order valence-corrected chi connectivity index (χ2v) is 32.9. The van der Waals surface area contributed by atoms with Crippen molar-refractivity contribution in [3.05, 3.63) is 209 Å². The van der Waals surface area contributed by atoms with Gasteiger partial charge in [0.1, 0.15) is 99.7 Å². The smallest absolute Gasteiger partial charge is 0.242 e. The largest absolute Gasteiger partial charge is 0.488 e. The van der Waals surface area contributed by atoms with E-state index in [1.54, 1.807) is 26.1 Å². The lowest BCUT2D eigenvalue weighted by molar-refractivity contribution is -0.131. The number of methoxy groups -OCH3 is 1. The van der Waals surface area contributed by atoms with Crippen LogP contribution in [0.5, 0.6) is 23.0 Å². The number of aromatic nitrogens is 10. The van der Waals surface area contributed by atoms with E-state index in [9.17, 15) is 4.79 Å². The molecule has 0 unspecified atom stereocenters. The first kappa shape index (κ1) is 74.1. The van der Waals surface area contributed by atoms with Gasteiger partial charge in [0.05, 0.1) is 84.8 Å². The van der Waals surface area contributed by atoms with Gasteiger partial charge in [-0.1, -0.05) is 48.5 Å². The van der Waals surface area contributed by atoms with Gasteiger partial charge in [-0.05, 0) is 181 Å². The molecule has 10 aromatic rings. The van der Waals surface area contributed by atoms with E-state index in [1.165, 1.54) is 47.8 Å². The van der Waals surface area contributed by atoms with Gasteiger partial charge in [0.15, 0.2) is 0 Å². The number of benzene rings is 5. The van der Waals surface area contributed by atoms with Crippen LogP contribution in [0.15, 0.2) is 168 Å². The minimum atomic E-state index is -0.0339. The van der Waals surface area contributed by atoms with Crippen molar-refractivity contribution >= 4 is 57.2 Å². The SMILES string of the molecule is CC1(Oc2ccc3[nH]nc(-c4cc(N5CCN(CC6CC6)C(=O)C5)ncn4)c3c2)CC1.CC1(Oc2ccc3c(c2)C(c2cc(N4C[C@@H]5C[C@H]4CN5Cc4ccccc4)ncn2)=NC3)CC1.CC1(Oc2ccc3c(c2)C(c2cc(NCCO)ncn2)=NC3)CC1.COCCNc1cc(C2=NCc3ccc(OC4(C)CC4)cc32)ncn1. The number of aromatic amines is 1. The van der Waals surface area contributed by atoms with Crippen molar-refractivity contribution in [3.63, 3.8) is 0 Å². The average molecular weight is 1530 g/mol. The number of nitrogens with one attached hydrogen (secondary N) is 3. The van der Waals surface area contributed by atoms with Crippen LogP contribution in [0.4, 0.5) is 23.3 Å². The molecule has 3 saturated heterocycles. The third-order valence-corrected chi connectivity index (χ3v) is 23.4. The Hall–Kier alpha value is -11.3. The number of piperazine rings is 2. The highest BCUT2D eigenvalue weighted by atomic mass is 16.5. The number of nitrogens with zero attached hydrogens (tertiary/aromatic N) is 16. The number of hydrogen-bond acceptors (Lipinski definition) is 24. The normalized spacial score (nSPS) is 20.1. The molecule has 26 heteroatoms. The van der Waals surface area contributed by atoms with E-state index >= 15 is 0 Å². The van der Waals surface area contributed by atoms with Gasteiger partial charge >= 0.3 is 0 Å². The Kier molecular flexibility index (Phi) is 20.3. The number of H-pyrrole nitrogens is 1. The zero-order valence-electron chi connectivity index (χ0n) is 65.4. The molecule has 5 saturated carbocycles. The summed E-state index contributed by atoms with van der Waals surface area (Å²) in [6, 6.07) is 44.5. The van der Waals surface area contributed by atoms with Crippen molar-refractivity contribution in [2.75, 3.05) is 93.1 Å². The molecule has 0 spiro atoms. The summed E-state index contributed by atoms with van der Waals surface area (Å²) in [5.41, 5.74) is 16.0. The summed E-state index contributed by atoms with van der Waals surface area (Å²) >= 11 is 0. The van der Waals surface area contributed by atoms with Crippen molar-refractivity contribution in [3.8, 4) is 34.4 Å². The summed E-state index contributed by atoms with van der Waals surface area (Å²) in [5, 5.41) is 23.8. The van der Waals surface area contributed by atoms with Crippen molar-refractivity contribution < 1.29 is 33.6 Å². The average Bonchev–Trinajstić information content (AvgIpc) is 1.61. The number of ether oxygens (including phenoxy) is 5. The fourth-order valence-corrected chi connectivity index (χ4v) is 15.5. The standard InChI is InChI=1S/C28H29N5O.C23H26N6O2.C19H22N4O2.C18H20N4O2/c1-28(9-10-28)34-23-8-7-20-14-29-27(24(20)12-23)25-13-26(31-18-30-25)33-17-21-11-22(33)16-32(21)15-19-5-3-2-4-6-19;1-23(6-7-23)31-16-4-5-18-17(10-16)22(27-26-18)19-11-20(25-14-24-19)28-8-9-29(21(30)13-28)12-15-2-3-15;1-19(5-6-19)25-14-4-3-13-11-21-18(15(13)9-14)16-10-17(23-12-22-16)20-7-8-24-2;1-18(4-5-18)24-13-3-2-12-10-20-17(14(12)8-13)15-9-16(19-6-7-23)22-11-21-15/h2-8,12-13,18,21-22H,9-11,14-17H2,1H3;4-5,10-11,14-15H,2-3,6-9,12-13H2,1H3,(H,26,27);3-4,9-10,12H,5-8,11H2,1-2H3,(H,20,22,23);2-3,8-9,11,23H,4-7,10H2,1H3,(H,19,21,22)/t21-,22-;;;/m0.../s1. The van der Waals surface area contributed by atoms with Crippen molar-refractivity contribution in [1.82, 2.24) is 59.9 Å². The topological polar surface area (TPSA) is 289 Å². The third kappa shape index (κ3) is 17.1. The van der Waals surface area contributed by atoms with E-state index in [-0.39, 0.29) is 34.9 Å². The molecular formula is C88H97N19O7. The number of aliphatic hydroxyl groups excluding tert-OH is 1. The lowest BCUT2D eigenvalue weighted by Crippen LogP contribution is -2.51. The predicted octanol–water partition coefficient (Wildman–Crippen LogP) is 12.2. The molecule has 21 rings (SSSR count). The number of carbonyl (C=O) groups excluding carboxylic acids is 1. The summed E-state index contributed by atoms with van der Waals surface area (Å²) < 4.78 is 29.6. The molecule has 26 nitrogen and oxygen atoms in total. The first-order valence-corrected chi connectivity index (χ1v) is 40.3. The number of amides is 1. The van der Waals surface area contributed by atoms with E-state index in [2.05, 4.69) is 187 Å². The molecule has 1 amide bonds. The monoisotopic (exact) mass is 1530 g/mol. The number of carbonyl (C=O) groups is 1. The van der Waals surface area contributed by atoms with Gasteiger partial charge in [0, 0.05) is 118 Å². The van der Waals surface area contributed by atoms with E-state index in [0.29, 0.717) is 69.7 Å². The highest BCUT2D eigenvalue weighted by Crippen LogP contribution is 2.45. The van der Waals surface area contributed by atoms with Gasteiger partial charge < -0.3 is 54.1 Å². The van der Waals surface area contributed by atoms with Gasteiger partial charge in [0.25, 0.3) is 0 Å². The first-order valence-electron chi connectivity index (χ1n) is 40.3. The molecule has 4 N–H and O–H groups in total. The maximum Gasteiger partial charge on any atom is 0.242 e. The van der Waals surface area contributed by atoms with Crippen LogP contribution in [-0.2, 0) is 35.7 Å². The maximum atomic E-state index is 12.6. The molecule has 5 aromatic heterocycles. The van der Waals surface area contributed by atoms with Crippen LogP contribution in [0.2, 0.25) is 0 Å². The Labute approximate surface area is 663 Å². The number of likely N-dealkylation sites (tertiary alicyclic amines) is 1. The van der Waals surface area contributed by atoms with E-state index in [0.717, 1.165) is 204 Å². The van der Waals surface area contributed by atoms with E-state index in [4.69, 9.17) is 33.8 Å². The summed E-state index contributed by atoms with van der Waals surface area (Å²) in [7, 11) is 1.68. The first-order chi connectivity index (χ1) is 55.5. The van der Waals surface area contributed by atoms with Crippen molar-refractivity contribution in [1.29, 1.82) is 0 Å². The van der Waals surface area contributed by atoms with E-state index < -0.39 is 0 Å². The summed E-state index contributed by atoms with van der Waals surface area (Å²) in [6.07, 6.45) is 18.9. The van der Waals surface area contributed by atoms with E-state index in [1.807, 2.05) is 58.3 Å². The Morgan fingerprint density at radius 1 is 0.526 bits per heavy atom. The van der Waals surface area contributed by atoms with Gasteiger partial charge in [-0.2, -0.15) is 5.10 Å². The number of aliphatic imine (C=N–C) groups is 3. The minimum absolute atomic E-state index is 0.000445. The fraction of sp³-hybridized carbons (Fsp3) is 0.420. The van der Waals surface area contributed by atoms with Crippen molar-refractivity contribution in [2.24, 2.45) is 20.9 Å². The Balaban J connectivity index is 0.000000107. The number of rotatable bonds is 25. The van der Waals surface area contributed by atoms with Crippen molar-refractivity contribution in [2.45, 2.75) is 159 Å². The van der Waals surface area contributed by atoms with Gasteiger partial charge in [0.2, 0.25) is 5.91 Å². The predicted molar refractivity (Wildman–Crippen MR) is 437 cm³/mol. The van der Waals surface area contributed by atoms with Crippen LogP contribution in [0.3, 0.4) is 0 Å². The molecule has 2 atom stereocenters. The van der Waals surface area contributed by atoms with Gasteiger partial charge in [-0.25, -0.2) is 39.9 Å². The molecule has 5 aromatic carbocycles. The lowest BCUT2D eigenvalue weighted by Gasteiger charge is -2.35. The molecule has 0 radical (unpaired) electrons. The zero-order valence-corrected chi connectivity index (χ0v) is 65.4. The van der Waals surface area contributed by atoms with Gasteiger partial charge in [-0.3, -0.25) is 29.8 Å². The maximum absolute atomic E-state index is 12.6. The lowest BCUT2D eigenvalue weighted by atomic mass is 10.0. The molecule has 11 heterocycles.